The quantitative estimate of drug-likeness (QED) is 0.423. The highest BCUT2D eigenvalue weighted by Gasteiger charge is 2.46. The van der Waals surface area contributed by atoms with Crippen LogP contribution in [0.15, 0.2) is 24.3 Å². The molecule has 3 amide bonds. The van der Waals surface area contributed by atoms with E-state index in [0.717, 1.165) is 0 Å². The van der Waals surface area contributed by atoms with Crippen molar-refractivity contribution in [1.82, 2.24) is 20.0 Å². The van der Waals surface area contributed by atoms with Gasteiger partial charge in [0.2, 0.25) is 17.7 Å². The van der Waals surface area contributed by atoms with Crippen LogP contribution in [0.2, 0.25) is 0 Å². The molecule has 3 N–H and O–H groups in total. The molecule has 0 spiro atoms. The molecule has 4 aliphatic heterocycles. The molecule has 15 heteroatoms. The molecule has 4 saturated heterocycles. The SMILES string of the molecule is CC(=O)N1C[C@@H]2CN(CCO2)C(=O)[C@@H]2C[C@@H](CN2Cc2ccc(OC(F)(F)F)cc2)NC(=O)C[C@@H]2O[C@H](C1)[C@@H](O)[C@H]2O. The summed E-state index contributed by atoms with van der Waals surface area (Å²) in [5, 5.41) is 24.1. The van der Waals surface area contributed by atoms with Gasteiger partial charge in [0.25, 0.3) is 0 Å². The Hall–Kier alpha value is -2.98. The topological polar surface area (TPSA) is 141 Å². The number of ether oxygens (including phenoxy) is 3. The molecule has 42 heavy (non-hydrogen) atoms. The first-order valence-corrected chi connectivity index (χ1v) is 13.9. The number of halogens is 3. The fourth-order valence-corrected chi connectivity index (χ4v) is 6.12. The molecule has 12 nitrogen and oxygen atoms in total. The predicted molar refractivity (Wildman–Crippen MR) is 138 cm³/mol. The van der Waals surface area contributed by atoms with Crippen molar-refractivity contribution in [3.05, 3.63) is 29.8 Å². The molecule has 0 saturated carbocycles. The molecule has 0 aliphatic carbocycles. The molecular weight excluding hydrogens is 565 g/mol. The van der Waals surface area contributed by atoms with E-state index in [-0.39, 0.29) is 56.8 Å². The number of likely N-dealkylation sites (tertiary alicyclic amines) is 1. The fourth-order valence-electron chi connectivity index (χ4n) is 6.12. The van der Waals surface area contributed by atoms with E-state index >= 15 is 0 Å². The van der Waals surface area contributed by atoms with Gasteiger partial charge in [0.1, 0.15) is 24.1 Å². The van der Waals surface area contributed by atoms with Crippen LogP contribution in [0, 0.1) is 0 Å². The number of morpholine rings is 1. The summed E-state index contributed by atoms with van der Waals surface area (Å²) in [5.74, 6) is -1.26. The Labute approximate surface area is 240 Å². The summed E-state index contributed by atoms with van der Waals surface area (Å²) in [6.45, 7) is 2.81. The van der Waals surface area contributed by atoms with Gasteiger partial charge in [0, 0.05) is 52.2 Å². The first-order valence-electron chi connectivity index (χ1n) is 13.9. The van der Waals surface area contributed by atoms with Gasteiger partial charge in [0.15, 0.2) is 0 Å². The van der Waals surface area contributed by atoms with Crippen LogP contribution < -0.4 is 10.1 Å². The Kier molecular flexibility index (Phi) is 8.94. The summed E-state index contributed by atoms with van der Waals surface area (Å²) < 4.78 is 53.4. The molecule has 4 heterocycles. The Morgan fingerprint density at radius 3 is 2.48 bits per heavy atom. The standard InChI is InChI=1S/C27H35F3N4O8/c1-15(35)33-13-19-12-32(6-7-40-19)26(39)20-8-17(31-23(36)9-21-24(37)25(38)22(14-33)41-21)11-34(20)10-16-2-4-18(5-3-16)42-27(28,29)30/h2-5,17,19-22,24-25,37-38H,6-14H2,1H3,(H,31,36)/t17-,19-,20-,21-,22+,24-,25+/m0/s1. The molecule has 5 rings (SSSR count). The molecule has 4 aliphatic rings. The maximum absolute atomic E-state index is 13.8. The van der Waals surface area contributed by atoms with Gasteiger partial charge < -0.3 is 39.5 Å². The monoisotopic (exact) mass is 600 g/mol. The van der Waals surface area contributed by atoms with E-state index < -0.39 is 54.9 Å². The maximum atomic E-state index is 13.8. The van der Waals surface area contributed by atoms with Gasteiger partial charge in [0.05, 0.1) is 31.3 Å². The van der Waals surface area contributed by atoms with Crippen molar-refractivity contribution < 1.29 is 52.0 Å². The van der Waals surface area contributed by atoms with Crippen LogP contribution >= 0.6 is 0 Å². The molecule has 4 fully saturated rings. The zero-order valence-electron chi connectivity index (χ0n) is 23.0. The normalized spacial score (nSPS) is 33.0. The number of rotatable bonds is 3. The van der Waals surface area contributed by atoms with Crippen LogP contribution in [0.5, 0.6) is 5.75 Å². The van der Waals surface area contributed by atoms with E-state index in [0.29, 0.717) is 25.1 Å². The minimum absolute atomic E-state index is 0.0225. The summed E-state index contributed by atoms with van der Waals surface area (Å²) in [6, 6.07) is 4.35. The van der Waals surface area contributed by atoms with Gasteiger partial charge in [-0.2, -0.15) is 0 Å². The minimum Gasteiger partial charge on any atom is -0.406 e. The summed E-state index contributed by atoms with van der Waals surface area (Å²) >= 11 is 0. The molecule has 7 atom stereocenters. The van der Waals surface area contributed by atoms with E-state index in [1.54, 1.807) is 4.90 Å². The first kappa shape index (κ1) is 30.5. The lowest BCUT2D eigenvalue weighted by atomic mass is 10.0. The molecule has 1 aromatic carbocycles. The van der Waals surface area contributed by atoms with Crippen molar-refractivity contribution in [2.75, 3.05) is 39.3 Å². The van der Waals surface area contributed by atoms with Gasteiger partial charge in [-0.05, 0) is 24.1 Å². The number of carbonyl (C=O) groups excluding carboxylic acids is 3. The van der Waals surface area contributed by atoms with Gasteiger partial charge >= 0.3 is 6.36 Å². The minimum atomic E-state index is -4.81. The number of fused-ring (bicyclic) bond motifs is 6. The van der Waals surface area contributed by atoms with Crippen molar-refractivity contribution in [2.24, 2.45) is 0 Å². The highest BCUT2D eigenvalue weighted by molar-refractivity contribution is 5.83. The second kappa shape index (κ2) is 12.3. The van der Waals surface area contributed by atoms with Gasteiger partial charge in [-0.1, -0.05) is 12.1 Å². The smallest absolute Gasteiger partial charge is 0.406 e. The maximum Gasteiger partial charge on any atom is 0.573 e. The third-order valence-corrected chi connectivity index (χ3v) is 8.16. The number of nitrogens with one attached hydrogen (secondary N) is 1. The average Bonchev–Trinajstić information content (AvgIpc) is 3.43. The van der Waals surface area contributed by atoms with Crippen LogP contribution in [0.3, 0.4) is 0 Å². The van der Waals surface area contributed by atoms with Crippen molar-refractivity contribution in [2.45, 2.75) is 75.3 Å². The van der Waals surface area contributed by atoms with Gasteiger partial charge in [-0.3, -0.25) is 19.3 Å². The van der Waals surface area contributed by atoms with Crippen molar-refractivity contribution in [1.29, 1.82) is 0 Å². The molecule has 0 radical (unpaired) electrons. The van der Waals surface area contributed by atoms with Crippen molar-refractivity contribution in [3.63, 3.8) is 0 Å². The average molecular weight is 601 g/mol. The van der Waals surface area contributed by atoms with Crippen LogP contribution in [0.25, 0.3) is 0 Å². The number of benzene rings is 1. The second-order valence-electron chi connectivity index (χ2n) is 11.2. The second-order valence-corrected chi connectivity index (χ2v) is 11.2. The number of aliphatic hydroxyl groups excluding tert-OH is 2. The van der Waals surface area contributed by atoms with Crippen LogP contribution in [-0.2, 0) is 30.4 Å². The lowest BCUT2D eigenvalue weighted by molar-refractivity contribution is -0.274. The largest absolute Gasteiger partial charge is 0.573 e. The number of hydrogen-bond acceptors (Lipinski definition) is 9. The summed E-state index contributed by atoms with van der Waals surface area (Å²) in [7, 11) is 0. The number of hydrogen-bond donors (Lipinski definition) is 3. The van der Waals surface area contributed by atoms with E-state index in [1.807, 2.05) is 4.90 Å². The number of nitrogens with zero attached hydrogens (tertiary/aromatic N) is 3. The van der Waals surface area contributed by atoms with E-state index in [4.69, 9.17) is 9.47 Å². The number of alkyl halides is 3. The molecule has 0 unspecified atom stereocenters. The fraction of sp³-hybridized carbons (Fsp3) is 0.667. The van der Waals surface area contributed by atoms with Crippen LogP contribution in [-0.4, -0.2) is 131 Å². The van der Waals surface area contributed by atoms with Gasteiger partial charge in [-0.15, -0.1) is 13.2 Å². The molecular formula is C27H35F3N4O8. The molecule has 0 aromatic heterocycles. The third kappa shape index (κ3) is 7.14. The Morgan fingerprint density at radius 1 is 1.07 bits per heavy atom. The Morgan fingerprint density at radius 2 is 1.79 bits per heavy atom. The van der Waals surface area contributed by atoms with Crippen molar-refractivity contribution in [3.8, 4) is 5.75 Å². The highest BCUT2D eigenvalue weighted by atomic mass is 19.4. The van der Waals surface area contributed by atoms with E-state index in [2.05, 4.69) is 10.1 Å². The van der Waals surface area contributed by atoms with Crippen molar-refractivity contribution >= 4 is 17.7 Å². The lowest BCUT2D eigenvalue weighted by Crippen LogP contribution is -2.55. The van der Waals surface area contributed by atoms with Gasteiger partial charge in [-0.25, -0.2) is 0 Å². The summed E-state index contributed by atoms with van der Waals surface area (Å²) in [4.78, 5) is 44.2. The summed E-state index contributed by atoms with van der Waals surface area (Å²) in [5.41, 5.74) is 0.652. The Bertz CT molecular complexity index is 1160. The molecule has 232 valence electrons. The number of aliphatic hydroxyl groups is 2. The van der Waals surface area contributed by atoms with Crippen LogP contribution in [0.1, 0.15) is 25.3 Å². The third-order valence-electron chi connectivity index (χ3n) is 8.16. The number of amides is 3. The molecule has 1 aromatic rings. The summed E-state index contributed by atoms with van der Waals surface area (Å²) in [6.07, 6.45) is -9.77. The zero-order chi connectivity index (χ0) is 30.2. The zero-order valence-corrected chi connectivity index (χ0v) is 23.0. The van der Waals surface area contributed by atoms with Crippen LogP contribution in [0.4, 0.5) is 13.2 Å². The number of carbonyl (C=O) groups is 3. The predicted octanol–water partition coefficient (Wildman–Crippen LogP) is -0.387. The van der Waals surface area contributed by atoms with E-state index in [9.17, 15) is 37.8 Å². The van der Waals surface area contributed by atoms with E-state index in [1.165, 1.54) is 36.1 Å². The molecule has 6 bridgehead atoms. The highest BCUT2D eigenvalue weighted by Crippen LogP contribution is 2.28. The Balaban J connectivity index is 1.37. The lowest BCUT2D eigenvalue weighted by Gasteiger charge is -2.38. The first-order chi connectivity index (χ1) is 19.9.